The topological polar surface area (TPSA) is 81.5 Å². The first-order chi connectivity index (χ1) is 14.8. The molecule has 3 aromatic rings. The zero-order valence-corrected chi connectivity index (χ0v) is 18.9. The van der Waals surface area contributed by atoms with Gasteiger partial charge in [0.15, 0.2) is 0 Å². The van der Waals surface area contributed by atoms with Gasteiger partial charge in [0.1, 0.15) is 12.4 Å². The Hall–Kier alpha value is -2.71. The van der Waals surface area contributed by atoms with E-state index >= 15 is 0 Å². The van der Waals surface area contributed by atoms with Gasteiger partial charge in [-0.1, -0.05) is 6.07 Å². The lowest BCUT2D eigenvalue weighted by Gasteiger charge is -2.16. The first-order valence-electron chi connectivity index (χ1n) is 10.5. The molecule has 4 rings (SSSR count). The van der Waals surface area contributed by atoms with Gasteiger partial charge in [-0.15, -0.1) is 0 Å². The van der Waals surface area contributed by atoms with E-state index in [0.29, 0.717) is 23.4 Å². The van der Waals surface area contributed by atoms with E-state index < -0.39 is 10.0 Å². The molecule has 1 aromatic heterocycles. The molecule has 31 heavy (non-hydrogen) atoms. The van der Waals surface area contributed by atoms with Crippen LogP contribution in [0.1, 0.15) is 47.1 Å². The Balaban J connectivity index is 1.57. The van der Waals surface area contributed by atoms with Crippen LogP contribution in [0, 0.1) is 0 Å². The van der Waals surface area contributed by atoms with Gasteiger partial charge in [-0.25, -0.2) is 22.5 Å². The van der Waals surface area contributed by atoms with Crippen molar-refractivity contribution in [2.45, 2.75) is 50.7 Å². The van der Waals surface area contributed by atoms with Crippen molar-refractivity contribution in [3.8, 4) is 0 Å². The average Bonchev–Trinajstić information content (AvgIpc) is 3.13. The summed E-state index contributed by atoms with van der Waals surface area (Å²) in [7, 11) is -0.558. The summed E-state index contributed by atoms with van der Waals surface area (Å²) in [4.78, 5) is 17.4. The predicted octanol–water partition coefficient (Wildman–Crippen LogP) is 3.54. The number of hydrogen-bond acceptors (Lipinski definition) is 5. The number of rotatable bonds is 6. The largest absolute Gasteiger partial charge is 0.454 e. The minimum absolute atomic E-state index is 0.0220. The number of fused-ring (bicyclic) bond motifs is 2. The summed E-state index contributed by atoms with van der Waals surface area (Å²) in [6.45, 7) is 2.62. The van der Waals surface area contributed by atoms with E-state index in [1.165, 1.54) is 35.9 Å². The lowest BCUT2D eigenvalue weighted by atomic mass is 9.90. The summed E-state index contributed by atoms with van der Waals surface area (Å²) >= 11 is 0. The van der Waals surface area contributed by atoms with Crippen LogP contribution in [0.25, 0.3) is 11.0 Å². The molecule has 7 nitrogen and oxygen atoms in total. The molecule has 8 heteroatoms. The zero-order valence-electron chi connectivity index (χ0n) is 18.1. The summed E-state index contributed by atoms with van der Waals surface area (Å²) in [6, 6.07) is 10.7. The fraction of sp³-hybridized carbons (Fsp3) is 0.391. The Labute approximate surface area is 182 Å². The zero-order chi connectivity index (χ0) is 22.2. The molecule has 0 radical (unpaired) electrons. The summed E-state index contributed by atoms with van der Waals surface area (Å²) in [6.07, 6.45) is 4.41. The summed E-state index contributed by atoms with van der Waals surface area (Å²) in [5.74, 6) is 0.210. The van der Waals surface area contributed by atoms with Crippen LogP contribution in [-0.4, -0.2) is 42.3 Å². The van der Waals surface area contributed by atoms with E-state index in [1.54, 1.807) is 18.2 Å². The number of carbonyl (C=O) groups excluding carboxylic acids is 1. The lowest BCUT2D eigenvalue weighted by molar-refractivity contribution is 0.0458. The molecule has 0 spiro atoms. The quantitative estimate of drug-likeness (QED) is 0.547. The number of nitrogens with zero attached hydrogens (tertiary/aromatic N) is 3. The highest BCUT2D eigenvalue weighted by atomic mass is 32.2. The smallest absolute Gasteiger partial charge is 0.338 e. The number of benzene rings is 2. The number of ether oxygens (including phenoxy) is 1. The molecular formula is C23H27N3O4S. The van der Waals surface area contributed by atoms with Gasteiger partial charge in [0.2, 0.25) is 10.0 Å². The average molecular weight is 442 g/mol. The van der Waals surface area contributed by atoms with E-state index in [2.05, 4.69) is 4.98 Å². The monoisotopic (exact) mass is 441 g/mol. The maximum Gasteiger partial charge on any atom is 0.338 e. The standard InChI is InChI=1S/C23H27N3O4S/c1-4-26-21-12-11-19(31(28,29)25(2)3)14-20(21)24-22(26)15-30-23(27)18-10-9-16-7-5-6-8-17(16)13-18/h9-14H,4-8,15H2,1-3H3. The number of esters is 1. The number of aromatic nitrogens is 2. The molecule has 1 heterocycles. The minimum Gasteiger partial charge on any atom is -0.454 e. The highest BCUT2D eigenvalue weighted by Gasteiger charge is 2.20. The van der Waals surface area contributed by atoms with Crippen LogP contribution < -0.4 is 0 Å². The molecule has 0 bridgehead atoms. The second-order valence-electron chi connectivity index (χ2n) is 7.98. The molecule has 1 aliphatic carbocycles. The Morgan fingerprint density at radius 2 is 1.84 bits per heavy atom. The van der Waals surface area contributed by atoms with Gasteiger partial charge >= 0.3 is 5.97 Å². The molecule has 0 unspecified atom stereocenters. The van der Waals surface area contributed by atoms with E-state index in [4.69, 9.17) is 4.74 Å². The third-order valence-electron chi connectivity index (χ3n) is 5.81. The first-order valence-corrected chi connectivity index (χ1v) is 12.0. The minimum atomic E-state index is -3.55. The van der Waals surface area contributed by atoms with Crippen LogP contribution in [-0.2, 0) is 40.8 Å². The van der Waals surface area contributed by atoms with E-state index in [9.17, 15) is 13.2 Å². The Morgan fingerprint density at radius 3 is 2.55 bits per heavy atom. The van der Waals surface area contributed by atoms with Gasteiger partial charge < -0.3 is 9.30 Å². The number of aryl methyl sites for hydroxylation is 3. The predicted molar refractivity (Wildman–Crippen MR) is 118 cm³/mol. The van der Waals surface area contributed by atoms with Crippen LogP contribution in [0.15, 0.2) is 41.3 Å². The highest BCUT2D eigenvalue weighted by Crippen LogP contribution is 2.24. The Bertz CT molecular complexity index is 1250. The van der Waals surface area contributed by atoms with Crippen molar-refractivity contribution in [3.05, 3.63) is 58.9 Å². The maximum absolute atomic E-state index is 12.6. The Kier molecular flexibility index (Phi) is 5.85. The van der Waals surface area contributed by atoms with Gasteiger partial charge in [0.05, 0.1) is 21.5 Å². The van der Waals surface area contributed by atoms with Gasteiger partial charge in [0, 0.05) is 20.6 Å². The fourth-order valence-electron chi connectivity index (χ4n) is 4.07. The number of hydrogen-bond donors (Lipinski definition) is 0. The number of imidazole rings is 1. The molecule has 0 saturated carbocycles. The van der Waals surface area contributed by atoms with Gasteiger partial charge in [-0.3, -0.25) is 0 Å². The maximum atomic E-state index is 12.6. The second-order valence-corrected chi connectivity index (χ2v) is 10.1. The van der Waals surface area contributed by atoms with Gasteiger partial charge in [-0.05, 0) is 74.1 Å². The van der Waals surface area contributed by atoms with E-state index in [0.717, 1.165) is 24.8 Å². The third kappa shape index (κ3) is 4.09. The first kappa shape index (κ1) is 21.5. The van der Waals surface area contributed by atoms with E-state index in [-0.39, 0.29) is 17.5 Å². The van der Waals surface area contributed by atoms with Crippen molar-refractivity contribution in [3.63, 3.8) is 0 Å². The summed E-state index contributed by atoms with van der Waals surface area (Å²) in [5.41, 5.74) is 4.47. The molecule has 164 valence electrons. The lowest BCUT2D eigenvalue weighted by Crippen LogP contribution is -2.22. The Morgan fingerprint density at radius 1 is 1.10 bits per heavy atom. The van der Waals surface area contributed by atoms with Crippen LogP contribution in [0.3, 0.4) is 0 Å². The van der Waals surface area contributed by atoms with Crippen molar-refractivity contribution in [1.29, 1.82) is 0 Å². The molecule has 2 aromatic carbocycles. The molecular weight excluding hydrogens is 414 g/mol. The van der Waals surface area contributed by atoms with Crippen LogP contribution in [0.5, 0.6) is 0 Å². The third-order valence-corrected chi connectivity index (χ3v) is 7.62. The SMILES string of the molecule is CCn1c(COC(=O)c2ccc3c(c2)CCCC3)nc2cc(S(=O)(=O)N(C)C)ccc21. The summed E-state index contributed by atoms with van der Waals surface area (Å²) < 4.78 is 33.5. The molecule has 0 fully saturated rings. The van der Waals surface area contributed by atoms with Crippen molar-refractivity contribution >= 4 is 27.0 Å². The van der Waals surface area contributed by atoms with Crippen molar-refractivity contribution < 1.29 is 17.9 Å². The van der Waals surface area contributed by atoms with Crippen molar-refractivity contribution in [2.75, 3.05) is 14.1 Å². The number of carbonyl (C=O) groups is 1. The molecule has 0 amide bonds. The van der Waals surface area contributed by atoms with Crippen LogP contribution in [0.2, 0.25) is 0 Å². The second kappa shape index (κ2) is 8.43. The number of sulfonamides is 1. The molecule has 0 aliphatic heterocycles. The van der Waals surface area contributed by atoms with Gasteiger partial charge in [0.25, 0.3) is 0 Å². The van der Waals surface area contributed by atoms with Crippen LogP contribution in [0.4, 0.5) is 0 Å². The summed E-state index contributed by atoms with van der Waals surface area (Å²) in [5, 5.41) is 0. The van der Waals surface area contributed by atoms with Gasteiger partial charge in [-0.2, -0.15) is 0 Å². The van der Waals surface area contributed by atoms with Crippen molar-refractivity contribution in [2.24, 2.45) is 0 Å². The van der Waals surface area contributed by atoms with Crippen molar-refractivity contribution in [1.82, 2.24) is 13.9 Å². The fourth-order valence-corrected chi connectivity index (χ4v) is 4.99. The normalized spacial score (nSPS) is 14.1. The van der Waals surface area contributed by atoms with Crippen LogP contribution >= 0.6 is 0 Å². The highest BCUT2D eigenvalue weighted by molar-refractivity contribution is 7.89. The molecule has 1 aliphatic rings. The van der Waals surface area contributed by atoms with E-state index in [1.807, 2.05) is 29.7 Å². The molecule has 0 atom stereocenters. The molecule has 0 saturated heterocycles. The molecule has 0 N–H and O–H groups in total.